The van der Waals surface area contributed by atoms with Crippen LogP contribution in [0, 0.1) is 0 Å². The molecule has 0 aliphatic carbocycles. The number of hydrogen-bond donors (Lipinski definition) is 3. The Bertz CT molecular complexity index is 1250. The van der Waals surface area contributed by atoms with E-state index >= 15 is 0 Å². The summed E-state index contributed by atoms with van der Waals surface area (Å²) in [5.41, 5.74) is 0. The van der Waals surface area contributed by atoms with E-state index in [4.69, 9.17) is 9.05 Å². The monoisotopic (exact) mass is 904 g/mol. The van der Waals surface area contributed by atoms with Crippen molar-refractivity contribution in [3.05, 3.63) is 72.9 Å². The number of rotatable bonds is 46. The number of nitrogens with one attached hydrogen (secondary N) is 1. The molecule has 0 bridgehead atoms. The van der Waals surface area contributed by atoms with E-state index in [1.54, 1.807) is 6.08 Å². The Balaban J connectivity index is 4.23. The molecule has 1 amide bonds. The van der Waals surface area contributed by atoms with Crippen molar-refractivity contribution < 1.29 is 32.9 Å². The van der Waals surface area contributed by atoms with Gasteiger partial charge in [0.15, 0.2) is 0 Å². The number of phosphoric acid groups is 1. The van der Waals surface area contributed by atoms with Crippen molar-refractivity contribution in [3.8, 4) is 0 Å². The van der Waals surface area contributed by atoms with Gasteiger partial charge in [0.25, 0.3) is 0 Å². The van der Waals surface area contributed by atoms with Gasteiger partial charge in [-0.15, -0.1) is 0 Å². The van der Waals surface area contributed by atoms with Crippen molar-refractivity contribution >= 4 is 13.7 Å². The maximum atomic E-state index is 12.9. The fourth-order valence-electron chi connectivity index (χ4n) is 7.11. The van der Waals surface area contributed by atoms with E-state index in [0.717, 1.165) is 64.2 Å². The lowest BCUT2D eigenvalue weighted by Gasteiger charge is -2.25. The molecule has 0 aromatic heterocycles. The molecule has 3 N–H and O–H groups in total. The number of nitrogens with zero attached hydrogens (tertiary/aromatic N) is 1. The molecule has 8 nitrogen and oxygen atoms in total. The van der Waals surface area contributed by atoms with Crippen LogP contribution in [0.15, 0.2) is 72.9 Å². The van der Waals surface area contributed by atoms with Gasteiger partial charge in [0, 0.05) is 6.42 Å². The Morgan fingerprint density at radius 2 is 0.968 bits per heavy atom. The molecule has 0 aromatic rings. The first-order valence-electron chi connectivity index (χ1n) is 25.8. The summed E-state index contributed by atoms with van der Waals surface area (Å²) in [5, 5.41) is 13.8. The van der Waals surface area contributed by atoms with E-state index in [0.29, 0.717) is 17.4 Å². The summed E-state index contributed by atoms with van der Waals surface area (Å²) in [6.45, 7) is 4.67. The van der Waals surface area contributed by atoms with Gasteiger partial charge in [-0.2, -0.15) is 0 Å². The summed E-state index contributed by atoms with van der Waals surface area (Å²) in [6, 6.07) is -0.865. The van der Waals surface area contributed by atoms with Crippen LogP contribution in [0.5, 0.6) is 0 Å². The second-order valence-corrected chi connectivity index (χ2v) is 20.0. The molecule has 0 saturated heterocycles. The van der Waals surface area contributed by atoms with Crippen LogP contribution in [-0.2, 0) is 18.4 Å². The van der Waals surface area contributed by atoms with E-state index in [1.165, 1.54) is 128 Å². The second kappa shape index (κ2) is 45.1. The average molecular weight is 904 g/mol. The minimum atomic E-state index is -4.35. The molecule has 3 atom stereocenters. The Morgan fingerprint density at radius 3 is 1.46 bits per heavy atom. The van der Waals surface area contributed by atoms with Crippen molar-refractivity contribution in [2.45, 2.75) is 225 Å². The lowest BCUT2D eigenvalue weighted by Crippen LogP contribution is -2.45. The molecule has 0 fully saturated rings. The topological polar surface area (TPSA) is 105 Å². The molecular formula is C54H100N2O6P+. The normalized spacial score (nSPS) is 14.7. The lowest BCUT2D eigenvalue weighted by molar-refractivity contribution is -0.870. The quantitative estimate of drug-likeness (QED) is 0.0243. The molecule has 3 unspecified atom stereocenters. The van der Waals surface area contributed by atoms with Crippen molar-refractivity contribution in [2.24, 2.45) is 0 Å². The number of aliphatic hydroxyl groups is 1. The zero-order valence-corrected chi connectivity index (χ0v) is 42.4. The van der Waals surface area contributed by atoms with E-state index in [9.17, 15) is 19.4 Å². The first-order chi connectivity index (χ1) is 30.5. The van der Waals surface area contributed by atoms with Crippen LogP contribution in [0.3, 0.4) is 0 Å². The Hall–Kier alpha value is -2.06. The summed E-state index contributed by atoms with van der Waals surface area (Å²) >= 11 is 0. The molecule has 0 heterocycles. The van der Waals surface area contributed by atoms with Crippen molar-refractivity contribution in [3.63, 3.8) is 0 Å². The van der Waals surface area contributed by atoms with Crippen LogP contribution < -0.4 is 5.32 Å². The first-order valence-corrected chi connectivity index (χ1v) is 27.3. The third-order valence-corrected chi connectivity index (χ3v) is 12.1. The number of amides is 1. The van der Waals surface area contributed by atoms with Gasteiger partial charge >= 0.3 is 7.82 Å². The third-order valence-electron chi connectivity index (χ3n) is 11.2. The highest BCUT2D eigenvalue weighted by Crippen LogP contribution is 2.43. The maximum Gasteiger partial charge on any atom is 0.472 e. The van der Waals surface area contributed by atoms with E-state index in [-0.39, 0.29) is 19.1 Å². The molecule has 366 valence electrons. The highest BCUT2D eigenvalue weighted by Gasteiger charge is 2.27. The van der Waals surface area contributed by atoms with Gasteiger partial charge in [-0.1, -0.05) is 209 Å². The Labute approximate surface area is 389 Å². The van der Waals surface area contributed by atoms with Gasteiger partial charge in [-0.05, 0) is 70.6 Å². The number of quaternary nitrogens is 1. The van der Waals surface area contributed by atoms with Gasteiger partial charge in [0.05, 0.1) is 39.9 Å². The maximum absolute atomic E-state index is 12.9. The zero-order valence-electron chi connectivity index (χ0n) is 41.5. The number of carbonyl (C=O) groups excluding carboxylic acids is 1. The minimum absolute atomic E-state index is 0.0539. The molecule has 0 rings (SSSR count). The average Bonchev–Trinajstić information content (AvgIpc) is 3.24. The standard InChI is InChI=1S/C54H99N2O6P/c1-6-8-10-12-14-16-18-20-22-23-24-25-26-27-28-29-30-31-32-33-34-36-38-40-42-44-46-48-54(58)55-52(51-62-63(59,60)61-50-49-56(3,4)5)53(57)47-45-43-41-39-37-35-21-19-17-15-13-11-9-7-2/h8,10,14,16,20,22,24-25,37,39,45,47,52-53,57H,6-7,9,11-13,15,17-19,21,23,26-36,38,40-44,46,48-51H2,1-5H3,(H-,55,58,59,60)/p+1/b10-8-,16-14-,22-20-,25-24-,39-37+,47-45+. The third kappa shape index (κ3) is 47.7. The summed E-state index contributed by atoms with van der Waals surface area (Å²) in [5.74, 6) is -0.190. The zero-order chi connectivity index (χ0) is 46.4. The van der Waals surface area contributed by atoms with Gasteiger partial charge in [-0.3, -0.25) is 13.8 Å². The van der Waals surface area contributed by atoms with Crippen LogP contribution in [0.2, 0.25) is 0 Å². The Kier molecular flexibility index (Phi) is 43.6. The van der Waals surface area contributed by atoms with Gasteiger partial charge < -0.3 is 19.8 Å². The highest BCUT2D eigenvalue weighted by molar-refractivity contribution is 7.47. The number of carbonyl (C=O) groups is 1. The summed E-state index contributed by atoms with van der Waals surface area (Å²) < 4.78 is 23.6. The largest absolute Gasteiger partial charge is 0.472 e. The number of hydrogen-bond acceptors (Lipinski definition) is 5. The second-order valence-electron chi connectivity index (χ2n) is 18.5. The fourth-order valence-corrected chi connectivity index (χ4v) is 7.84. The summed E-state index contributed by atoms with van der Waals surface area (Å²) in [4.78, 5) is 23.2. The molecular weight excluding hydrogens is 804 g/mol. The number of aliphatic hydroxyl groups excluding tert-OH is 1. The molecule has 0 aromatic carbocycles. The number of likely N-dealkylation sites (N-methyl/N-ethyl adjacent to an activating group) is 1. The lowest BCUT2D eigenvalue weighted by atomic mass is 10.0. The SMILES string of the molecule is CC/C=C\C/C=C\C/C=C\C/C=C\CCCCCCCCCCCCCCCCC(=O)NC(COP(=O)(O)OCC[N+](C)(C)C)C(O)/C=C/CC/C=C/CCCCCCCCCC. The van der Waals surface area contributed by atoms with Gasteiger partial charge in [0.2, 0.25) is 5.91 Å². The van der Waals surface area contributed by atoms with Gasteiger partial charge in [0.1, 0.15) is 13.2 Å². The first kappa shape index (κ1) is 60.9. The Morgan fingerprint density at radius 1 is 0.556 bits per heavy atom. The summed E-state index contributed by atoms with van der Waals surface area (Å²) in [6.07, 6.45) is 61.3. The van der Waals surface area contributed by atoms with Crippen LogP contribution in [-0.4, -0.2) is 73.4 Å². The highest BCUT2D eigenvalue weighted by atomic mass is 31.2. The molecule has 9 heteroatoms. The molecule has 0 radical (unpaired) electrons. The van der Waals surface area contributed by atoms with Crippen molar-refractivity contribution in [1.29, 1.82) is 0 Å². The number of unbranched alkanes of at least 4 members (excludes halogenated alkanes) is 23. The predicted octanol–water partition coefficient (Wildman–Crippen LogP) is 15.1. The molecule has 0 aliphatic heterocycles. The van der Waals surface area contributed by atoms with Gasteiger partial charge in [-0.25, -0.2) is 4.57 Å². The molecule has 63 heavy (non-hydrogen) atoms. The van der Waals surface area contributed by atoms with Crippen LogP contribution >= 0.6 is 7.82 Å². The van der Waals surface area contributed by atoms with E-state index in [2.05, 4.69) is 79.9 Å². The number of phosphoric ester groups is 1. The van der Waals surface area contributed by atoms with Crippen molar-refractivity contribution in [2.75, 3.05) is 40.9 Å². The van der Waals surface area contributed by atoms with E-state index in [1.807, 2.05) is 27.2 Å². The molecule has 0 saturated carbocycles. The predicted molar refractivity (Wildman–Crippen MR) is 272 cm³/mol. The van der Waals surface area contributed by atoms with Crippen molar-refractivity contribution in [1.82, 2.24) is 5.32 Å². The molecule has 0 aliphatic rings. The fraction of sp³-hybridized carbons (Fsp3) is 0.759. The van der Waals surface area contributed by atoms with E-state index < -0.39 is 20.0 Å². The van der Waals surface area contributed by atoms with Crippen LogP contribution in [0.25, 0.3) is 0 Å². The smallest absolute Gasteiger partial charge is 0.387 e. The number of allylic oxidation sites excluding steroid dienone is 11. The molecule has 0 spiro atoms. The minimum Gasteiger partial charge on any atom is -0.387 e. The van der Waals surface area contributed by atoms with Crippen LogP contribution in [0.4, 0.5) is 0 Å². The van der Waals surface area contributed by atoms with Crippen LogP contribution in [0.1, 0.15) is 213 Å². The summed E-state index contributed by atoms with van der Waals surface area (Å²) in [7, 11) is 1.55.